The standard InChI is InChI=1S/C36H22N4S/c37-23-24-9-7-16-30(19-24)36-40-31-18-17-28(21-34(31)41-36)27-14-8-15-29(20-27)33-22-32(25-10-3-1-4-11-25)38-35(39-33)26-12-5-2-6-13-26/h1-22H. The fourth-order valence-corrected chi connectivity index (χ4v) is 5.88. The molecule has 0 fully saturated rings. The van der Waals surface area contributed by atoms with Crippen molar-refractivity contribution >= 4 is 21.6 Å². The van der Waals surface area contributed by atoms with Gasteiger partial charge in [0.1, 0.15) is 5.01 Å². The molecule has 0 aliphatic carbocycles. The summed E-state index contributed by atoms with van der Waals surface area (Å²) < 4.78 is 1.10. The third kappa shape index (κ3) is 5.00. The first kappa shape index (κ1) is 24.6. The van der Waals surface area contributed by atoms with Crippen LogP contribution in [0, 0.1) is 11.3 Å². The smallest absolute Gasteiger partial charge is 0.160 e. The molecular weight excluding hydrogens is 520 g/mol. The van der Waals surface area contributed by atoms with Crippen LogP contribution < -0.4 is 0 Å². The lowest BCUT2D eigenvalue weighted by Gasteiger charge is -2.10. The van der Waals surface area contributed by atoms with E-state index in [0.29, 0.717) is 11.4 Å². The Morgan fingerprint density at radius 1 is 0.488 bits per heavy atom. The van der Waals surface area contributed by atoms with E-state index in [9.17, 15) is 5.26 Å². The van der Waals surface area contributed by atoms with E-state index in [0.717, 1.165) is 60.0 Å². The Hall–Kier alpha value is -5.44. The van der Waals surface area contributed by atoms with E-state index >= 15 is 0 Å². The van der Waals surface area contributed by atoms with E-state index < -0.39 is 0 Å². The van der Waals surface area contributed by atoms with Gasteiger partial charge in [0.05, 0.1) is 33.2 Å². The van der Waals surface area contributed by atoms with Gasteiger partial charge in [-0.05, 0) is 47.5 Å². The van der Waals surface area contributed by atoms with Crippen LogP contribution in [0.15, 0.2) is 133 Å². The van der Waals surface area contributed by atoms with Gasteiger partial charge in [-0.2, -0.15) is 5.26 Å². The van der Waals surface area contributed by atoms with Crippen molar-refractivity contribution in [2.24, 2.45) is 0 Å². The van der Waals surface area contributed by atoms with Crippen molar-refractivity contribution in [3.05, 3.63) is 139 Å². The van der Waals surface area contributed by atoms with E-state index in [4.69, 9.17) is 15.0 Å². The summed E-state index contributed by atoms with van der Waals surface area (Å²) in [7, 11) is 0. The first-order valence-electron chi connectivity index (χ1n) is 13.3. The molecule has 0 saturated heterocycles. The highest BCUT2D eigenvalue weighted by molar-refractivity contribution is 7.21. The number of hydrogen-bond acceptors (Lipinski definition) is 5. The molecule has 5 heteroatoms. The van der Waals surface area contributed by atoms with Crippen LogP contribution in [0.1, 0.15) is 5.56 Å². The molecule has 4 nitrogen and oxygen atoms in total. The van der Waals surface area contributed by atoms with E-state index in [2.05, 4.69) is 66.7 Å². The van der Waals surface area contributed by atoms with Gasteiger partial charge in [-0.25, -0.2) is 15.0 Å². The highest BCUT2D eigenvalue weighted by Crippen LogP contribution is 2.35. The summed E-state index contributed by atoms with van der Waals surface area (Å²) in [5.74, 6) is 0.700. The summed E-state index contributed by atoms with van der Waals surface area (Å²) in [5, 5.41) is 10.2. The van der Waals surface area contributed by atoms with Crippen molar-refractivity contribution in [2.75, 3.05) is 0 Å². The lowest BCUT2D eigenvalue weighted by atomic mass is 10.0. The summed E-state index contributed by atoms with van der Waals surface area (Å²) in [6, 6.07) is 47.1. The maximum absolute atomic E-state index is 9.29. The molecule has 0 spiro atoms. The monoisotopic (exact) mass is 542 g/mol. The van der Waals surface area contributed by atoms with Crippen LogP contribution >= 0.6 is 11.3 Å². The zero-order valence-electron chi connectivity index (χ0n) is 21.9. The number of benzene rings is 5. The Kier molecular flexibility index (Phi) is 6.37. The predicted octanol–water partition coefficient (Wildman–Crippen LogP) is 9.29. The molecule has 192 valence electrons. The second-order valence-electron chi connectivity index (χ2n) is 9.67. The molecule has 0 N–H and O–H groups in total. The lowest BCUT2D eigenvalue weighted by Crippen LogP contribution is -1.96. The average Bonchev–Trinajstić information content (AvgIpc) is 3.49. The van der Waals surface area contributed by atoms with Gasteiger partial charge in [-0.1, -0.05) is 97.1 Å². The van der Waals surface area contributed by atoms with Crippen molar-refractivity contribution in [1.29, 1.82) is 5.26 Å². The van der Waals surface area contributed by atoms with Crippen molar-refractivity contribution in [1.82, 2.24) is 15.0 Å². The summed E-state index contributed by atoms with van der Waals surface area (Å²) in [6.45, 7) is 0. The van der Waals surface area contributed by atoms with E-state index in [-0.39, 0.29) is 0 Å². The molecule has 0 aliphatic rings. The molecule has 7 aromatic rings. The Labute approximate surface area is 241 Å². The normalized spacial score (nSPS) is 10.9. The molecule has 0 aliphatic heterocycles. The molecule has 0 saturated carbocycles. The number of fused-ring (bicyclic) bond motifs is 1. The van der Waals surface area contributed by atoms with Crippen LogP contribution in [0.3, 0.4) is 0 Å². The van der Waals surface area contributed by atoms with E-state index in [1.165, 1.54) is 0 Å². The second kappa shape index (κ2) is 10.6. The van der Waals surface area contributed by atoms with Gasteiger partial charge < -0.3 is 0 Å². The number of thiazole rings is 1. The van der Waals surface area contributed by atoms with Gasteiger partial charge in [0, 0.05) is 22.3 Å². The van der Waals surface area contributed by atoms with Gasteiger partial charge in [0.2, 0.25) is 0 Å². The van der Waals surface area contributed by atoms with Crippen LogP contribution in [0.4, 0.5) is 0 Å². The molecule has 0 bridgehead atoms. The highest BCUT2D eigenvalue weighted by Gasteiger charge is 2.13. The Morgan fingerprint density at radius 3 is 1.90 bits per heavy atom. The molecular formula is C36H22N4S. The SMILES string of the molecule is N#Cc1cccc(-c2nc3ccc(-c4cccc(-c5cc(-c6ccccc6)nc(-c6ccccc6)n5)c4)cc3s2)c1. The zero-order chi connectivity index (χ0) is 27.6. The van der Waals surface area contributed by atoms with Crippen LogP contribution in [-0.4, -0.2) is 15.0 Å². The van der Waals surface area contributed by atoms with Gasteiger partial charge >= 0.3 is 0 Å². The minimum absolute atomic E-state index is 0.634. The first-order valence-corrected chi connectivity index (χ1v) is 14.1. The van der Waals surface area contributed by atoms with Gasteiger partial charge in [-0.15, -0.1) is 11.3 Å². The summed E-state index contributed by atoms with van der Waals surface area (Å²) in [5.41, 5.74) is 9.58. The Balaban J connectivity index is 1.29. The molecule has 0 atom stereocenters. The molecule has 2 aromatic heterocycles. The van der Waals surface area contributed by atoms with E-state index in [1.807, 2.05) is 72.8 Å². The van der Waals surface area contributed by atoms with Gasteiger partial charge in [-0.3, -0.25) is 0 Å². The number of nitriles is 1. The fraction of sp³-hybridized carbons (Fsp3) is 0. The largest absolute Gasteiger partial charge is 0.236 e. The van der Waals surface area contributed by atoms with Crippen molar-refractivity contribution in [2.45, 2.75) is 0 Å². The molecule has 2 heterocycles. The second-order valence-corrected chi connectivity index (χ2v) is 10.7. The lowest BCUT2D eigenvalue weighted by molar-refractivity contribution is 1.18. The summed E-state index contributed by atoms with van der Waals surface area (Å²) >= 11 is 1.64. The number of nitrogens with zero attached hydrogens (tertiary/aromatic N) is 4. The topological polar surface area (TPSA) is 62.5 Å². The summed E-state index contributed by atoms with van der Waals surface area (Å²) in [6.07, 6.45) is 0. The van der Waals surface area contributed by atoms with Gasteiger partial charge in [0.25, 0.3) is 0 Å². The van der Waals surface area contributed by atoms with Crippen molar-refractivity contribution < 1.29 is 0 Å². The van der Waals surface area contributed by atoms with Crippen molar-refractivity contribution in [3.8, 4) is 61.7 Å². The third-order valence-corrected chi connectivity index (χ3v) is 8.01. The van der Waals surface area contributed by atoms with Crippen LogP contribution in [0.25, 0.3) is 65.8 Å². The van der Waals surface area contributed by atoms with Crippen LogP contribution in [0.2, 0.25) is 0 Å². The number of aromatic nitrogens is 3. The third-order valence-electron chi connectivity index (χ3n) is 6.95. The fourth-order valence-electron chi connectivity index (χ4n) is 4.88. The maximum atomic E-state index is 9.29. The minimum atomic E-state index is 0.634. The molecule has 41 heavy (non-hydrogen) atoms. The average molecular weight is 543 g/mol. The van der Waals surface area contributed by atoms with Crippen LogP contribution in [0.5, 0.6) is 0 Å². The summed E-state index contributed by atoms with van der Waals surface area (Å²) in [4.78, 5) is 14.7. The Bertz CT molecular complexity index is 2000. The molecule has 0 radical (unpaired) electrons. The predicted molar refractivity (Wildman–Crippen MR) is 167 cm³/mol. The van der Waals surface area contributed by atoms with Crippen LogP contribution in [-0.2, 0) is 0 Å². The molecule has 0 unspecified atom stereocenters. The van der Waals surface area contributed by atoms with Crippen molar-refractivity contribution in [3.63, 3.8) is 0 Å². The minimum Gasteiger partial charge on any atom is -0.236 e. The Morgan fingerprint density at radius 2 is 1.12 bits per heavy atom. The first-order chi connectivity index (χ1) is 20.2. The molecule has 5 aromatic carbocycles. The number of rotatable bonds is 5. The molecule has 7 rings (SSSR count). The highest BCUT2D eigenvalue weighted by atomic mass is 32.1. The molecule has 0 amide bonds. The zero-order valence-corrected chi connectivity index (χ0v) is 22.7. The quantitative estimate of drug-likeness (QED) is 0.217. The van der Waals surface area contributed by atoms with E-state index in [1.54, 1.807) is 11.3 Å². The number of hydrogen-bond donors (Lipinski definition) is 0. The maximum Gasteiger partial charge on any atom is 0.160 e. The van der Waals surface area contributed by atoms with Gasteiger partial charge in [0.15, 0.2) is 5.82 Å².